The molecule has 0 amide bonds. The third-order valence-electron chi connectivity index (χ3n) is 7.77. The van der Waals surface area contributed by atoms with Crippen molar-refractivity contribution >= 4 is 38.6 Å². The monoisotopic (exact) mass is 527 g/mol. The normalized spacial score (nSPS) is 11.0. The highest BCUT2D eigenvalue weighted by molar-refractivity contribution is 6.15. The molecule has 0 radical (unpaired) electrons. The second-order valence-electron chi connectivity index (χ2n) is 10.2. The van der Waals surface area contributed by atoms with E-state index >= 15 is 0 Å². The van der Waals surface area contributed by atoms with E-state index in [1.54, 1.807) is 7.11 Å². The molecule has 7 rings (SSSR count). The summed E-state index contributed by atoms with van der Waals surface area (Å²) < 4.78 is 5.89. The van der Waals surface area contributed by atoms with Gasteiger partial charge in [-0.2, -0.15) is 0 Å². The first kappa shape index (κ1) is 24.7. The van der Waals surface area contributed by atoms with Gasteiger partial charge in [-0.05, 0) is 69.4 Å². The predicted molar refractivity (Wildman–Crippen MR) is 174 cm³/mol. The number of fused-ring (bicyclic) bond motifs is 3. The fraction of sp³-hybridized carbons (Fsp3) is 0.0256. The topological polar surface area (TPSA) is 12.5 Å². The maximum atomic E-state index is 5.89. The summed E-state index contributed by atoms with van der Waals surface area (Å²) in [7, 11) is 1.75. The number of rotatable bonds is 6. The van der Waals surface area contributed by atoms with E-state index in [-0.39, 0.29) is 0 Å². The molecule has 7 aromatic carbocycles. The molecule has 0 saturated carbocycles. The fourth-order valence-corrected chi connectivity index (χ4v) is 5.74. The summed E-state index contributed by atoms with van der Waals surface area (Å²) in [6.07, 6.45) is 0. The first-order valence-electron chi connectivity index (χ1n) is 13.9. The molecule has 0 atom stereocenters. The zero-order valence-electron chi connectivity index (χ0n) is 22.9. The van der Waals surface area contributed by atoms with Gasteiger partial charge in [-0.15, -0.1) is 0 Å². The molecular weight excluding hydrogens is 498 g/mol. The Kier molecular flexibility index (Phi) is 6.42. The van der Waals surface area contributed by atoms with Gasteiger partial charge in [-0.25, -0.2) is 0 Å². The number of ether oxygens (including phenoxy) is 1. The Bertz CT molecular complexity index is 1860. The molecule has 0 spiro atoms. The lowest BCUT2D eigenvalue weighted by atomic mass is 9.98. The van der Waals surface area contributed by atoms with Crippen molar-refractivity contribution in [3.63, 3.8) is 0 Å². The number of methoxy groups -OCH3 is 1. The molecule has 0 aliphatic rings. The summed E-state index contributed by atoms with van der Waals surface area (Å²) in [4.78, 5) is 2.35. The van der Waals surface area contributed by atoms with Crippen molar-refractivity contribution in [3.8, 4) is 28.0 Å². The highest BCUT2D eigenvalue weighted by atomic mass is 16.5. The number of benzene rings is 7. The van der Waals surface area contributed by atoms with Gasteiger partial charge in [0.2, 0.25) is 0 Å². The van der Waals surface area contributed by atoms with E-state index in [0.29, 0.717) is 0 Å². The molecule has 0 aliphatic heterocycles. The zero-order chi connectivity index (χ0) is 27.6. The lowest BCUT2D eigenvalue weighted by Gasteiger charge is -2.28. The molecule has 41 heavy (non-hydrogen) atoms. The van der Waals surface area contributed by atoms with Crippen molar-refractivity contribution in [2.45, 2.75) is 0 Å². The first-order chi connectivity index (χ1) is 20.3. The largest absolute Gasteiger partial charge is 0.496 e. The van der Waals surface area contributed by atoms with Crippen LogP contribution in [0.1, 0.15) is 0 Å². The summed E-state index contributed by atoms with van der Waals surface area (Å²) in [6.45, 7) is 0. The second kappa shape index (κ2) is 10.7. The molecule has 0 N–H and O–H groups in total. The summed E-state index contributed by atoms with van der Waals surface area (Å²) >= 11 is 0. The van der Waals surface area contributed by atoms with Gasteiger partial charge >= 0.3 is 0 Å². The van der Waals surface area contributed by atoms with E-state index in [1.165, 1.54) is 33.0 Å². The molecule has 0 unspecified atom stereocenters. The Morgan fingerprint density at radius 2 is 0.927 bits per heavy atom. The summed E-state index contributed by atoms with van der Waals surface area (Å²) in [5, 5.41) is 4.64. The third-order valence-corrected chi connectivity index (χ3v) is 7.77. The van der Waals surface area contributed by atoms with Crippen molar-refractivity contribution in [1.29, 1.82) is 0 Å². The SMILES string of the molecule is COc1ccc(N(c2ccc(-c3ccccc3)cc2)c2ccc(-c3ccccc3)cc2)c2ccc3ccccc3c12. The van der Waals surface area contributed by atoms with Crippen molar-refractivity contribution in [2.75, 3.05) is 12.0 Å². The molecular formula is C39H29NO. The molecule has 0 heterocycles. The van der Waals surface area contributed by atoms with Crippen LogP contribution >= 0.6 is 0 Å². The van der Waals surface area contributed by atoms with Gasteiger partial charge < -0.3 is 9.64 Å². The lowest BCUT2D eigenvalue weighted by Crippen LogP contribution is -2.10. The summed E-state index contributed by atoms with van der Waals surface area (Å²) in [5.74, 6) is 0.874. The van der Waals surface area contributed by atoms with Crippen LogP contribution in [0.25, 0.3) is 43.8 Å². The standard InChI is InChI=1S/C39H29NO/c1-41-38-27-26-37(36-25-20-32-14-8-9-15-35(32)39(36)38)40(33-21-16-30(17-22-33)28-10-4-2-5-11-28)34-23-18-31(19-24-34)29-12-6-3-7-13-29/h2-27H,1H3. The van der Waals surface area contributed by atoms with Crippen molar-refractivity contribution in [3.05, 3.63) is 158 Å². The van der Waals surface area contributed by atoms with Crippen LogP contribution in [0.2, 0.25) is 0 Å². The minimum atomic E-state index is 0.874. The van der Waals surface area contributed by atoms with Gasteiger partial charge in [-0.3, -0.25) is 0 Å². The van der Waals surface area contributed by atoms with Crippen LogP contribution in [0.5, 0.6) is 5.75 Å². The Hall–Kier alpha value is -5.34. The molecule has 0 aliphatic carbocycles. The number of anilines is 3. The maximum Gasteiger partial charge on any atom is 0.127 e. The lowest BCUT2D eigenvalue weighted by molar-refractivity contribution is 0.420. The highest BCUT2D eigenvalue weighted by Gasteiger charge is 2.19. The van der Waals surface area contributed by atoms with Gasteiger partial charge in [0.25, 0.3) is 0 Å². The quantitative estimate of drug-likeness (QED) is 0.199. The van der Waals surface area contributed by atoms with Gasteiger partial charge in [-0.1, -0.05) is 121 Å². The highest BCUT2D eigenvalue weighted by Crippen LogP contribution is 2.44. The van der Waals surface area contributed by atoms with Crippen LogP contribution < -0.4 is 9.64 Å². The number of hydrogen-bond donors (Lipinski definition) is 0. The summed E-state index contributed by atoms with van der Waals surface area (Å²) in [6, 6.07) is 55.9. The van der Waals surface area contributed by atoms with Gasteiger partial charge in [0.1, 0.15) is 5.75 Å². The Morgan fingerprint density at radius 1 is 0.415 bits per heavy atom. The van der Waals surface area contributed by atoms with Crippen LogP contribution in [-0.2, 0) is 0 Å². The Morgan fingerprint density at radius 3 is 1.49 bits per heavy atom. The smallest absolute Gasteiger partial charge is 0.127 e. The molecule has 0 bridgehead atoms. The van der Waals surface area contributed by atoms with E-state index in [4.69, 9.17) is 4.74 Å². The minimum Gasteiger partial charge on any atom is -0.496 e. The van der Waals surface area contributed by atoms with E-state index in [1.807, 2.05) is 0 Å². The average molecular weight is 528 g/mol. The third kappa shape index (κ3) is 4.60. The minimum absolute atomic E-state index is 0.874. The zero-order valence-corrected chi connectivity index (χ0v) is 22.9. The number of nitrogens with zero attached hydrogens (tertiary/aromatic N) is 1. The molecule has 0 aromatic heterocycles. The summed E-state index contributed by atoms with van der Waals surface area (Å²) in [5.41, 5.74) is 8.09. The van der Waals surface area contributed by atoms with E-state index in [9.17, 15) is 0 Å². The van der Waals surface area contributed by atoms with E-state index in [2.05, 4.69) is 163 Å². The Balaban J connectivity index is 1.42. The van der Waals surface area contributed by atoms with Gasteiger partial charge in [0.05, 0.1) is 12.8 Å². The molecule has 0 fully saturated rings. The maximum absolute atomic E-state index is 5.89. The molecule has 196 valence electrons. The second-order valence-corrected chi connectivity index (χ2v) is 10.2. The van der Waals surface area contributed by atoms with Gasteiger partial charge in [0, 0.05) is 22.1 Å². The Labute approximate surface area is 240 Å². The average Bonchev–Trinajstić information content (AvgIpc) is 3.06. The van der Waals surface area contributed by atoms with Crippen LogP contribution in [0.15, 0.2) is 158 Å². The molecule has 0 saturated heterocycles. The van der Waals surface area contributed by atoms with Crippen molar-refractivity contribution < 1.29 is 4.74 Å². The van der Waals surface area contributed by atoms with Crippen molar-refractivity contribution in [1.82, 2.24) is 0 Å². The van der Waals surface area contributed by atoms with Gasteiger partial charge in [0.15, 0.2) is 0 Å². The van der Waals surface area contributed by atoms with E-state index in [0.717, 1.165) is 33.6 Å². The van der Waals surface area contributed by atoms with Crippen LogP contribution in [0.3, 0.4) is 0 Å². The van der Waals surface area contributed by atoms with E-state index < -0.39 is 0 Å². The predicted octanol–water partition coefficient (Wildman–Crippen LogP) is 10.8. The van der Waals surface area contributed by atoms with Crippen LogP contribution in [0.4, 0.5) is 17.1 Å². The molecule has 7 aromatic rings. The van der Waals surface area contributed by atoms with Crippen molar-refractivity contribution in [2.24, 2.45) is 0 Å². The molecule has 2 nitrogen and oxygen atoms in total. The van der Waals surface area contributed by atoms with Crippen LogP contribution in [-0.4, -0.2) is 7.11 Å². The first-order valence-corrected chi connectivity index (χ1v) is 13.9. The molecule has 2 heteroatoms. The fourth-order valence-electron chi connectivity index (χ4n) is 5.74. The van der Waals surface area contributed by atoms with Crippen LogP contribution in [0, 0.1) is 0 Å². The number of hydrogen-bond acceptors (Lipinski definition) is 2.